The lowest BCUT2D eigenvalue weighted by molar-refractivity contribution is -0.385. The van der Waals surface area contributed by atoms with Crippen LogP contribution in [0.15, 0.2) is 24.3 Å². The summed E-state index contributed by atoms with van der Waals surface area (Å²) in [7, 11) is 0. The highest BCUT2D eigenvalue weighted by molar-refractivity contribution is 5.45. The third-order valence-electron chi connectivity index (χ3n) is 3.91. The third kappa shape index (κ3) is 4.41. The molecule has 1 saturated heterocycles. The summed E-state index contributed by atoms with van der Waals surface area (Å²) in [6.45, 7) is 2.36. The number of likely N-dealkylation sites (tertiary alicyclic amines) is 1. The van der Waals surface area contributed by atoms with Crippen LogP contribution in [0.3, 0.4) is 0 Å². The predicted molar refractivity (Wildman–Crippen MR) is 79.5 cm³/mol. The summed E-state index contributed by atoms with van der Waals surface area (Å²) in [4.78, 5) is 12.8. The topological polar surface area (TPSA) is 75.8 Å². The van der Waals surface area contributed by atoms with Crippen LogP contribution in [0.4, 0.5) is 5.69 Å². The number of hydrogen-bond donors (Lipinski definition) is 1. The molecule has 0 aromatic heterocycles. The van der Waals surface area contributed by atoms with E-state index in [9.17, 15) is 10.1 Å². The highest BCUT2D eigenvalue weighted by atomic mass is 16.6. The molecule has 0 saturated carbocycles. The summed E-state index contributed by atoms with van der Waals surface area (Å²) in [6, 6.07) is 6.84. The molecule has 0 spiro atoms. The Hall–Kier alpha value is -1.66. The number of benzene rings is 1. The summed E-state index contributed by atoms with van der Waals surface area (Å²) in [5.74, 6) is 0.318. The van der Waals surface area contributed by atoms with Gasteiger partial charge < -0.3 is 9.84 Å². The molecule has 21 heavy (non-hydrogen) atoms. The molecule has 116 valence electrons. The first kappa shape index (κ1) is 15.7. The Balaban J connectivity index is 1.87. The Morgan fingerprint density at radius 2 is 2.19 bits per heavy atom. The Labute approximate surface area is 124 Å². The predicted octanol–water partition coefficient (Wildman–Crippen LogP) is 2.21. The molecule has 6 heteroatoms. The first-order chi connectivity index (χ1) is 10.2. The molecule has 1 aliphatic rings. The molecule has 1 atom stereocenters. The van der Waals surface area contributed by atoms with Crippen LogP contribution in [0, 0.1) is 10.1 Å². The zero-order valence-electron chi connectivity index (χ0n) is 12.1. The van der Waals surface area contributed by atoms with Gasteiger partial charge >= 0.3 is 5.69 Å². The number of piperidine rings is 1. The SMILES string of the molecule is O=[N+]([O-])c1ccccc1OCCN1CCCCC1CCO. The number of rotatable bonds is 7. The number of nitro groups is 1. The van der Waals surface area contributed by atoms with E-state index in [2.05, 4.69) is 4.90 Å². The van der Waals surface area contributed by atoms with Crippen LogP contribution in [-0.2, 0) is 0 Å². The molecule has 0 amide bonds. The number of nitrogens with zero attached hydrogens (tertiary/aromatic N) is 2. The quantitative estimate of drug-likeness (QED) is 0.616. The number of aliphatic hydroxyl groups excluding tert-OH is 1. The molecule has 1 heterocycles. The van der Waals surface area contributed by atoms with Crippen LogP contribution in [0.5, 0.6) is 5.75 Å². The Kier molecular flexibility index (Phi) is 5.95. The smallest absolute Gasteiger partial charge is 0.310 e. The van der Waals surface area contributed by atoms with Gasteiger partial charge in [-0.25, -0.2) is 0 Å². The fraction of sp³-hybridized carbons (Fsp3) is 0.600. The van der Waals surface area contributed by atoms with Gasteiger partial charge in [-0.05, 0) is 31.9 Å². The summed E-state index contributed by atoms with van der Waals surface area (Å²) >= 11 is 0. The maximum absolute atomic E-state index is 10.9. The minimum atomic E-state index is -0.426. The Morgan fingerprint density at radius 3 is 2.95 bits per heavy atom. The van der Waals surface area contributed by atoms with Gasteiger partial charge in [-0.3, -0.25) is 15.0 Å². The second-order valence-corrected chi connectivity index (χ2v) is 5.27. The number of para-hydroxylation sites is 2. The van der Waals surface area contributed by atoms with Crippen molar-refractivity contribution in [1.29, 1.82) is 0 Å². The second-order valence-electron chi connectivity index (χ2n) is 5.27. The van der Waals surface area contributed by atoms with E-state index < -0.39 is 4.92 Å². The first-order valence-corrected chi connectivity index (χ1v) is 7.43. The van der Waals surface area contributed by atoms with E-state index in [1.807, 2.05) is 0 Å². The molecule has 1 aromatic carbocycles. The number of nitro benzene ring substituents is 1. The van der Waals surface area contributed by atoms with E-state index in [1.165, 1.54) is 12.5 Å². The summed E-state index contributed by atoms with van der Waals surface area (Å²) in [5.41, 5.74) is 0.00283. The second kappa shape index (κ2) is 7.95. The van der Waals surface area contributed by atoms with Crippen LogP contribution < -0.4 is 4.74 Å². The maximum Gasteiger partial charge on any atom is 0.310 e. The van der Waals surface area contributed by atoms with E-state index in [4.69, 9.17) is 9.84 Å². The van der Waals surface area contributed by atoms with Gasteiger partial charge in [-0.2, -0.15) is 0 Å². The van der Waals surface area contributed by atoms with Crippen molar-refractivity contribution < 1.29 is 14.8 Å². The van der Waals surface area contributed by atoms with Crippen molar-refractivity contribution >= 4 is 5.69 Å². The van der Waals surface area contributed by atoms with Crippen LogP contribution in [0.1, 0.15) is 25.7 Å². The van der Waals surface area contributed by atoms with Gasteiger partial charge in [0, 0.05) is 25.3 Å². The molecule has 2 rings (SSSR count). The zero-order valence-corrected chi connectivity index (χ0v) is 12.1. The molecule has 1 aromatic rings. The van der Waals surface area contributed by atoms with Crippen molar-refractivity contribution in [3.05, 3.63) is 34.4 Å². The molecule has 1 N–H and O–H groups in total. The molecular weight excluding hydrogens is 272 g/mol. The monoisotopic (exact) mass is 294 g/mol. The van der Waals surface area contributed by atoms with E-state index in [0.29, 0.717) is 18.4 Å². The average molecular weight is 294 g/mol. The van der Waals surface area contributed by atoms with Gasteiger partial charge in [0.05, 0.1) is 4.92 Å². The lowest BCUT2D eigenvalue weighted by Crippen LogP contribution is -2.42. The lowest BCUT2D eigenvalue weighted by atomic mass is 10.00. The van der Waals surface area contributed by atoms with Crippen LogP contribution in [0.2, 0.25) is 0 Å². The van der Waals surface area contributed by atoms with Crippen LogP contribution in [-0.4, -0.2) is 47.3 Å². The molecule has 0 radical (unpaired) electrons. The van der Waals surface area contributed by atoms with Gasteiger partial charge in [0.25, 0.3) is 0 Å². The largest absolute Gasteiger partial charge is 0.485 e. The minimum Gasteiger partial charge on any atom is -0.485 e. The van der Waals surface area contributed by atoms with Crippen molar-refractivity contribution in [3.63, 3.8) is 0 Å². The summed E-state index contributed by atoms with van der Waals surface area (Å²) < 4.78 is 5.58. The van der Waals surface area contributed by atoms with Gasteiger partial charge in [0.1, 0.15) is 6.61 Å². The molecule has 1 unspecified atom stereocenters. The number of aliphatic hydroxyl groups is 1. The standard InChI is InChI=1S/C15H22N2O4/c18-11-8-13-5-3-4-9-16(13)10-12-21-15-7-2-1-6-14(15)17(19)20/h1-2,6-7,13,18H,3-5,8-12H2. The van der Waals surface area contributed by atoms with Crippen molar-refractivity contribution in [1.82, 2.24) is 4.90 Å². The molecule has 0 aliphatic carbocycles. The lowest BCUT2D eigenvalue weighted by Gasteiger charge is -2.35. The van der Waals surface area contributed by atoms with E-state index in [-0.39, 0.29) is 12.3 Å². The van der Waals surface area contributed by atoms with Gasteiger partial charge in [-0.1, -0.05) is 18.6 Å². The van der Waals surface area contributed by atoms with E-state index in [0.717, 1.165) is 32.4 Å². The summed E-state index contributed by atoms with van der Waals surface area (Å²) in [5, 5.41) is 20.0. The highest BCUT2D eigenvalue weighted by Gasteiger charge is 2.22. The fourth-order valence-corrected chi connectivity index (χ4v) is 2.83. The zero-order chi connectivity index (χ0) is 15.1. The molecule has 0 bridgehead atoms. The minimum absolute atomic E-state index is 0.00283. The Morgan fingerprint density at radius 1 is 1.38 bits per heavy atom. The van der Waals surface area contributed by atoms with E-state index in [1.54, 1.807) is 18.2 Å². The van der Waals surface area contributed by atoms with Crippen molar-refractivity contribution in [2.75, 3.05) is 26.3 Å². The molecule has 1 aliphatic heterocycles. The first-order valence-electron chi connectivity index (χ1n) is 7.43. The maximum atomic E-state index is 10.9. The van der Waals surface area contributed by atoms with Crippen molar-refractivity contribution in [2.24, 2.45) is 0 Å². The Bertz CT molecular complexity index is 465. The van der Waals surface area contributed by atoms with Crippen LogP contribution in [0.25, 0.3) is 0 Å². The van der Waals surface area contributed by atoms with Crippen LogP contribution >= 0.6 is 0 Å². The molecule has 6 nitrogen and oxygen atoms in total. The molecule has 1 fully saturated rings. The third-order valence-corrected chi connectivity index (χ3v) is 3.91. The highest BCUT2D eigenvalue weighted by Crippen LogP contribution is 2.26. The summed E-state index contributed by atoms with van der Waals surface area (Å²) in [6.07, 6.45) is 4.25. The van der Waals surface area contributed by atoms with Crippen molar-refractivity contribution in [2.45, 2.75) is 31.7 Å². The van der Waals surface area contributed by atoms with Crippen molar-refractivity contribution in [3.8, 4) is 5.75 Å². The number of ether oxygens (including phenoxy) is 1. The normalized spacial score (nSPS) is 19.4. The number of hydrogen-bond acceptors (Lipinski definition) is 5. The van der Waals surface area contributed by atoms with Gasteiger partial charge in [-0.15, -0.1) is 0 Å². The van der Waals surface area contributed by atoms with Gasteiger partial charge in [0.15, 0.2) is 5.75 Å². The molecular formula is C15H22N2O4. The fourth-order valence-electron chi connectivity index (χ4n) is 2.83. The van der Waals surface area contributed by atoms with Gasteiger partial charge in [0.2, 0.25) is 0 Å². The average Bonchev–Trinajstić information content (AvgIpc) is 2.49. The van der Waals surface area contributed by atoms with E-state index >= 15 is 0 Å².